The Morgan fingerprint density at radius 2 is 1.89 bits per heavy atom. The topological polar surface area (TPSA) is 97.8 Å². The van der Waals surface area contributed by atoms with Crippen molar-refractivity contribution in [2.75, 3.05) is 26.9 Å². The lowest BCUT2D eigenvalue weighted by atomic mass is 9.84. The fourth-order valence-electron chi connectivity index (χ4n) is 6.15. The Bertz CT molecular complexity index is 1650. The van der Waals surface area contributed by atoms with Crippen LogP contribution in [0.1, 0.15) is 47.7 Å². The quantitative estimate of drug-likeness (QED) is 0.134. The van der Waals surface area contributed by atoms with Crippen molar-refractivity contribution in [3.05, 3.63) is 34.7 Å². The molecule has 0 radical (unpaired) electrons. The van der Waals surface area contributed by atoms with E-state index in [4.69, 9.17) is 29.0 Å². The van der Waals surface area contributed by atoms with Gasteiger partial charge in [-0.2, -0.15) is 23.4 Å². The second kappa shape index (κ2) is 12.4. The van der Waals surface area contributed by atoms with Crippen LogP contribution >= 0.6 is 11.3 Å². The van der Waals surface area contributed by atoms with Crippen LogP contribution in [0.5, 0.6) is 5.75 Å². The normalized spacial score (nSPS) is 17.6. The van der Waals surface area contributed by atoms with Crippen molar-refractivity contribution in [2.45, 2.75) is 89.3 Å². The summed E-state index contributed by atoms with van der Waals surface area (Å²) in [6, 6.07) is 2.59. The zero-order valence-corrected chi connectivity index (χ0v) is 28.1. The number of pyridine rings is 1. The lowest BCUT2D eigenvalue weighted by molar-refractivity contribution is -0.178. The fraction of sp³-hybridized carbons (Fsp3) is 0.600. The smallest absolute Gasteiger partial charge is 0.393 e. The molecule has 2 aliphatic rings. The summed E-state index contributed by atoms with van der Waals surface area (Å²) in [6.07, 6.45) is 0.630. The molecule has 6 rings (SSSR count). The Morgan fingerprint density at radius 3 is 2.56 bits per heavy atom. The molecule has 5 heterocycles. The van der Waals surface area contributed by atoms with Gasteiger partial charge in [-0.15, -0.1) is 11.3 Å². The second-order valence-electron chi connectivity index (χ2n) is 13.0. The highest BCUT2D eigenvalue weighted by Gasteiger charge is 2.42. The maximum atomic E-state index is 14.3. The molecule has 1 aliphatic carbocycles. The molecule has 0 amide bonds. The van der Waals surface area contributed by atoms with Gasteiger partial charge in [0.05, 0.1) is 38.1 Å². The van der Waals surface area contributed by atoms with E-state index in [1.807, 2.05) is 6.92 Å². The minimum Gasteiger partial charge on any atom is -0.493 e. The van der Waals surface area contributed by atoms with Gasteiger partial charge in [0.25, 0.3) is 0 Å². The van der Waals surface area contributed by atoms with Gasteiger partial charge in [-0.1, -0.05) is 19.6 Å². The van der Waals surface area contributed by atoms with E-state index in [-0.39, 0.29) is 29.6 Å². The third-order valence-electron chi connectivity index (χ3n) is 8.44. The maximum absolute atomic E-state index is 14.3. The first kappa shape index (κ1) is 32.1. The summed E-state index contributed by atoms with van der Waals surface area (Å²) in [5.74, 6) is 0.119. The third kappa shape index (κ3) is 6.97. The van der Waals surface area contributed by atoms with E-state index in [2.05, 4.69) is 29.7 Å². The summed E-state index contributed by atoms with van der Waals surface area (Å²) in [5, 5.41) is 9.47. The van der Waals surface area contributed by atoms with Gasteiger partial charge in [-0.25, -0.2) is 19.2 Å². The first-order chi connectivity index (χ1) is 21.3. The van der Waals surface area contributed by atoms with Crippen LogP contribution in [0.4, 0.5) is 13.2 Å². The summed E-state index contributed by atoms with van der Waals surface area (Å²) in [6.45, 7) is 10.4. The molecule has 4 aromatic heterocycles. The van der Waals surface area contributed by atoms with E-state index < -0.39 is 26.5 Å². The monoisotopic (exact) mass is 664 g/mol. The Kier molecular flexibility index (Phi) is 8.84. The number of ether oxygens (including phenoxy) is 4. The fourth-order valence-corrected chi connectivity index (χ4v) is 8.16. The number of nitrogens with zero attached hydrogens (tertiary/aromatic N) is 6. The van der Waals surface area contributed by atoms with Gasteiger partial charge in [-0.3, -0.25) is 0 Å². The molecular weight excluding hydrogens is 626 g/mol. The predicted octanol–water partition coefficient (Wildman–Crippen LogP) is 6.85. The van der Waals surface area contributed by atoms with Crippen molar-refractivity contribution in [3.8, 4) is 27.7 Å². The van der Waals surface area contributed by atoms with E-state index in [1.54, 1.807) is 12.3 Å². The first-order valence-electron chi connectivity index (χ1n) is 15.2. The summed E-state index contributed by atoms with van der Waals surface area (Å²) in [4.78, 5) is 10.1. The van der Waals surface area contributed by atoms with E-state index in [1.165, 1.54) is 34.0 Å². The van der Waals surface area contributed by atoms with Crippen LogP contribution < -0.4 is 4.74 Å². The van der Waals surface area contributed by atoms with Crippen LogP contribution in [-0.4, -0.2) is 76.3 Å². The van der Waals surface area contributed by atoms with Crippen LogP contribution in [0.15, 0.2) is 18.6 Å². The zero-order chi connectivity index (χ0) is 32.0. The molecule has 0 aromatic carbocycles. The summed E-state index contributed by atoms with van der Waals surface area (Å²) in [7, 11) is 0.0989. The van der Waals surface area contributed by atoms with Gasteiger partial charge in [0, 0.05) is 49.7 Å². The maximum Gasteiger partial charge on any atom is 0.393 e. The molecule has 4 aromatic rings. The molecule has 1 spiro atoms. The largest absolute Gasteiger partial charge is 0.493 e. The number of methoxy groups -OCH3 is 1. The van der Waals surface area contributed by atoms with Gasteiger partial charge in [0.15, 0.2) is 17.2 Å². The van der Waals surface area contributed by atoms with Crippen molar-refractivity contribution in [1.82, 2.24) is 29.4 Å². The molecule has 2 fully saturated rings. The van der Waals surface area contributed by atoms with Crippen LogP contribution in [-0.2, 0) is 27.4 Å². The van der Waals surface area contributed by atoms with Crippen molar-refractivity contribution in [1.29, 1.82) is 0 Å². The lowest BCUT2D eigenvalue weighted by Crippen LogP contribution is -2.34. The van der Waals surface area contributed by atoms with Crippen LogP contribution in [0, 0.1) is 6.92 Å². The predicted molar refractivity (Wildman–Crippen MR) is 166 cm³/mol. The summed E-state index contributed by atoms with van der Waals surface area (Å²) < 4.78 is 69.3. The van der Waals surface area contributed by atoms with Gasteiger partial charge in [-0.05, 0) is 37.8 Å². The van der Waals surface area contributed by atoms with Crippen molar-refractivity contribution >= 4 is 25.1 Å². The highest BCUT2D eigenvalue weighted by molar-refractivity contribution is 7.15. The van der Waals surface area contributed by atoms with Crippen molar-refractivity contribution in [2.24, 2.45) is 0 Å². The van der Waals surface area contributed by atoms with E-state index in [0.29, 0.717) is 41.8 Å². The van der Waals surface area contributed by atoms with Crippen LogP contribution in [0.25, 0.3) is 27.6 Å². The molecule has 0 unspecified atom stereocenters. The summed E-state index contributed by atoms with van der Waals surface area (Å²) in [5.41, 5.74) is 2.26. The number of alkyl halides is 3. The number of aryl methyl sites for hydroxylation is 1. The van der Waals surface area contributed by atoms with Gasteiger partial charge in [0.2, 0.25) is 0 Å². The number of fused-ring (bicyclic) bond motifs is 1. The molecule has 1 aliphatic heterocycles. The molecular formula is C30H39F3N6O4SSi. The average Bonchev–Trinajstić information content (AvgIpc) is 3.77. The highest BCUT2D eigenvalue weighted by Crippen LogP contribution is 2.47. The van der Waals surface area contributed by atoms with E-state index in [0.717, 1.165) is 42.3 Å². The van der Waals surface area contributed by atoms with E-state index >= 15 is 0 Å². The molecule has 0 N–H and O–H groups in total. The number of halogens is 3. The number of rotatable bonds is 10. The van der Waals surface area contributed by atoms with Gasteiger partial charge >= 0.3 is 6.18 Å². The lowest BCUT2D eigenvalue weighted by Gasteiger charge is -2.35. The number of hydrogen-bond donors (Lipinski definition) is 0. The minimum atomic E-state index is -4.49. The minimum absolute atomic E-state index is 0.00962. The Morgan fingerprint density at radius 1 is 1.16 bits per heavy atom. The Balaban J connectivity index is 1.42. The van der Waals surface area contributed by atoms with Crippen molar-refractivity contribution < 1.29 is 32.1 Å². The van der Waals surface area contributed by atoms with Crippen molar-refractivity contribution in [3.63, 3.8) is 0 Å². The van der Waals surface area contributed by atoms with Gasteiger partial charge in [0.1, 0.15) is 23.8 Å². The first-order valence-corrected chi connectivity index (χ1v) is 19.7. The average molecular weight is 665 g/mol. The molecule has 1 saturated carbocycles. The molecule has 244 valence electrons. The molecule has 10 nitrogen and oxygen atoms in total. The number of thiazole rings is 1. The molecule has 0 bridgehead atoms. The molecule has 45 heavy (non-hydrogen) atoms. The Hall–Kier alpha value is -2.85. The van der Waals surface area contributed by atoms with E-state index in [9.17, 15) is 13.2 Å². The highest BCUT2D eigenvalue weighted by atomic mass is 32.1. The van der Waals surface area contributed by atoms with Gasteiger partial charge < -0.3 is 18.9 Å². The SMILES string of the molecule is COc1cc(-c2c(CC(F)(F)F)c(-c3nc(C)c(C4CCC5(CC4)OCCO5)s3)nn2COCC[Si](C)(C)C)cn2ncnc12. The second-order valence-corrected chi connectivity index (χ2v) is 19.6. The number of aromatic nitrogens is 6. The molecule has 15 heteroatoms. The summed E-state index contributed by atoms with van der Waals surface area (Å²) >= 11 is 1.43. The molecule has 1 saturated heterocycles. The standard InChI is InChI=1S/C30H39F3N6O4SSi/c1-19-26(20-6-8-29(9-7-20)42-10-11-43-29)44-28(36-19)24-22(15-30(31,32)33)25(39(37-24)18-41-12-13-45(3,4)5)21-14-23(40-2)27-34-17-35-38(27)16-21/h14,16-17,20H,6-13,15,18H2,1-5H3. The van der Waals surface area contributed by atoms with Crippen LogP contribution in [0.2, 0.25) is 25.7 Å². The number of hydrogen-bond acceptors (Lipinski definition) is 9. The Labute approximate surface area is 264 Å². The molecule has 0 atom stereocenters. The third-order valence-corrected chi connectivity index (χ3v) is 11.5. The van der Waals surface area contributed by atoms with Crippen LogP contribution in [0.3, 0.4) is 0 Å². The zero-order valence-electron chi connectivity index (χ0n) is 26.2.